The maximum absolute atomic E-state index is 12.3. The zero-order valence-electron chi connectivity index (χ0n) is 14.0. The van der Waals surface area contributed by atoms with Crippen molar-refractivity contribution in [3.05, 3.63) is 58.9 Å². The summed E-state index contributed by atoms with van der Waals surface area (Å²) in [6.45, 7) is 6.83. The Balaban J connectivity index is 1.72. The molecule has 4 nitrogen and oxygen atoms in total. The van der Waals surface area contributed by atoms with Crippen molar-refractivity contribution in [2.75, 3.05) is 6.61 Å². The Kier molecular flexibility index (Phi) is 4.81. The molecule has 0 saturated carbocycles. The summed E-state index contributed by atoms with van der Waals surface area (Å²) < 4.78 is 7.63. The molecule has 3 rings (SSSR count). The summed E-state index contributed by atoms with van der Waals surface area (Å²) >= 11 is 1.58. The number of carbonyl (C=O) groups is 1. The van der Waals surface area contributed by atoms with Crippen LogP contribution in [0.3, 0.4) is 0 Å². The zero-order chi connectivity index (χ0) is 17.1. The van der Waals surface area contributed by atoms with E-state index in [1.807, 2.05) is 41.1 Å². The minimum absolute atomic E-state index is 0.0324. The molecule has 2 aromatic heterocycles. The summed E-state index contributed by atoms with van der Waals surface area (Å²) in [4.78, 5) is 17.8. The second-order valence-corrected chi connectivity index (χ2v) is 6.94. The normalized spacial score (nSPS) is 11.7. The Bertz CT molecular complexity index is 873. The highest BCUT2D eigenvalue weighted by Crippen LogP contribution is 2.19. The van der Waals surface area contributed by atoms with Crippen LogP contribution in [0.25, 0.3) is 11.0 Å². The molecule has 0 spiro atoms. The number of rotatable bonds is 6. The van der Waals surface area contributed by atoms with Crippen molar-refractivity contribution in [3.8, 4) is 5.75 Å². The van der Waals surface area contributed by atoms with E-state index < -0.39 is 0 Å². The Labute approximate surface area is 145 Å². The lowest BCUT2D eigenvalue weighted by Crippen LogP contribution is -2.04. The fourth-order valence-electron chi connectivity index (χ4n) is 2.34. The van der Waals surface area contributed by atoms with E-state index in [-0.39, 0.29) is 5.78 Å². The number of imidazole rings is 1. The summed E-state index contributed by atoms with van der Waals surface area (Å²) in [5.41, 5.74) is 2.51. The number of hydrogen-bond donors (Lipinski definition) is 0. The van der Waals surface area contributed by atoms with Crippen LogP contribution in [0.5, 0.6) is 5.75 Å². The summed E-state index contributed by atoms with van der Waals surface area (Å²) in [6, 6.07) is 7.27. The summed E-state index contributed by atoms with van der Waals surface area (Å²) in [5, 5.41) is 1.98. The van der Waals surface area contributed by atoms with Crippen LogP contribution in [0.4, 0.5) is 0 Å². The number of thiazole rings is 1. The quantitative estimate of drug-likeness (QED) is 0.485. The van der Waals surface area contributed by atoms with Crippen LogP contribution < -0.4 is 4.74 Å². The highest BCUT2D eigenvalue weighted by Gasteiger charge is 2.08. The average Bonchev–Trinajstić information content (AvgIpc) is 3.12. The first-order chi connectivity index (χ1) is 11.5. The monoisotopic (exact) mass is 340 g/mol. The third-order valence-corrected chi connectivity index (χ3v) is 4.35. The van der Waals surface area contributed by atoms with Gasteiger partial charge in [0, 0.05) is 17.1 Å². The maximum Gasteiger partial charge on any atom is 0.194 e. The van der Waals surface area contributed by atoms with Crippen molar-refractivity contribution in [3.63, 3.8) is 0 Å². The van der Waals surface area contributed by atoms with Crippen LogP contribution in [0.15, 0.2) is 41.9 Å². The molecular weight excluding hydrogens is 320 g/mol. The lowest BCUT2D eigenvalue weighted by molar-refractivity contribution is 0.104. The van der Waals surface area contributed by atoms with Gasteiger partial charge in [-0.3, -0.25) is 9.20 Å². The van der Waals surface area contributed by atoms with Crippen molar-refractivity contribution < 1.29 is 9.53 Å². The molecule has 1 aromatic carbocycles. The van der Waals surface area contributed by atoms with E-state index in [9.17, 15) is 4.79 Å². The third kappa shape index (κ3) is 3.57. The number of nitrogens with zero attached hydrogens (tertiary/aromatic N) is 2. The predicted octanol–water partition coefficient (Wildman–Crippen LogP) is 4.64. The van der Waals surface area contributed by atoms with Crippen molar-refractivity contribution in [1.82, 2.24) is 9.38 Å². The first-order valence-corrected chi connectivity index (χ1v) is 8.80. The number of ether oxygens (including phenoxy) is 1. The average molecular weight is 340 g/mol. The largest absolute Gasteiger partial charge is 0.493 e. The van der Waals surface area contributed by atoms with Gasteiger partial charge in [0.2, 0.25) is 0 Å². The van der Waals surface area contributed by atoms with E-state index in [1.165, 1.54) is 0 Å². The zero-order valence-corrected chi connectivity index (χ0v) is 14.8. The minimum Gasteiger partial charge on any atom is -0.493 e. The molecule has 24 heavy (non-hydrogen) atoms. The molecule has 0 atom stereocenters. The highest BCUT2D eigenvalue weighted by atomic mass is 32.1. The van der Waals surface area contributed by atoms with Gasteiger partial charge in [-0.2, -0.15) is 0 Å². The molecular formula is C19H20N2O2S. The molecule has 0 aliphatic carbocycles. The smallest absolute Gasteiger partial charge is 0.194 e. The topological polar surface area (TPSA) is 43.6 Å². The molecule has 5 heteroatoms. The standard InChI is InChI=1S/C19H20N2O2S/c1-13(2)12-23-16-6-4-15(5-7-16)18(22)9-8-17-14(3)20-19-21(17)10-11-24-19/h4-11,13H,12H2,1-3H3. The molecule has 0 fully saturated rings. The fourth-order valence-corrected chi connectivity index (χ4v) is 3.11. The number of hydrogen-bond acceptors (Lipinski definition) is 4. The predicted molar refractivity (Wildman–Crippen MR) is 97.9 cm³/mol. The van der Waals surface area contributed by atoms with Gasteiger partial charge in [0.25, 0.3) is 0 Å². The van der Waals surface area contributed by atoms with Gasteiger partial charge >= 0.3 is 0 Å². The van der Waals surface area contributed by atoms with E-state index in [4.69, 9.17) is 4.74 Å². The second kappa shape index (κ2) is 7.01. The van der Waals surface area contributed by atoms with Gasteiger partial charge in [-0.15, -0.1) is 11.3 Å². The Morgan fingerprint density at radius 2 is 2.08 bits per heavy atom. The van der Waals surface area contributed by atoms with Crippen molar-refractivity contribution >= 4 is 28.2 Å². The van der Waals surface area contributed by atoms with E-state index >= 15 is 0 Å². The Hall–Kier alpha value is -2.40. The Morgan fingerprint density at radius 1 is 1.33 bits per heavy atom. The molecule has 0 amide bonds. The molecule has 0 aliphatic heterocycles. The molecule has 2 heterocycles. The number of carbonyl (C=O) groups excluding carboxylic acids is 1. The van der Waals surface area contributed by atoms with Gasteiger partial charge in [-0.1, -0.05) is 13.8 Å². The van der Waals surface area contributed by atoms with E-state index in [1.54, 1.807) is 29.5 Å². The first kappa shape index (κ1) is 16.5. The molecule has 0 saturated heterocycles. The number of aromatic nitrogens is 2. The summed E-state index contributed by atoms with van der Waals surface area (Å²) in [6.07, 6.45) is 5.39. The molecule has 0 aliphatic rings. The maximum atomic E-state index is 12.3. The second-order valence-electron chi connectivity index (χ2n) is 6.06. The number of allylic oxidation sites excluding steroid dienone is 1. The van der Waals surface area contributed by atoms with Crippen molar-refractivity contribution in [1.29, 1.82) is 0 Å². The lowest BCUT2D eigenvalue weighted by Gasteiger charge is -2.08. The van der Waals surface area contributed by atoms with Crippen LogP contribution in [-0.4, -0.2) is 21.8 Å². The van der Waals surface area contributed by atoms with Crippen LogP contribution in [-0.2, 0) is 0 Å². The third-order valence-electron chi connectivity index (χ3n) is 3.60. The van der Waals surface area contributed by atoms with Crippen LogP contribution >= 0.6 is 11.3 Å². The van der Waals surface area contributed by atoms with Gasteiger partial charge < -0.3 is 4.74 Å². The van der Waals surface area contributed by atoms with E-state index in [0.717, 1.165) is 22.1 Å². The number of benzene rings is 1. The summed E-state index contributed by atoms with van der Waals surface area (Å²) in [5.74, 6) is 1.23. The van der Waals surface area contributed by atoms with E-state index in [2.05, 4.69) is 18.8 Å². The number of fused-ring (bicyclic) bond motifs is 1. The fraction of sp³-hybridized carbons (Fsp3) is 0.263. The van der Waals surface area contributed by atoms with Crippen molar-refractivity contribution in [2.24, 2.45) is 5.92 Å². The molecule has 0 bridgehead atoms. The van der Waals surface area contributed by atoms with E-state index in [0.29, 0.717) is 18.1 Å². The Morgan fingerprint density at radius 3 is 2.79 bits per heavy atom. The molecule has 124 valence electrons. The molecule has 0 N–H and O–H groups in total. The molecule has 0 radical (unpaired) electrons. The highest BCUT2D eigenvalue weighted by molar-refractivity contribution is 7.15. The number of aryl methyl sites for hydroxylation is 1. The van der Waals surface area contributed by atoms with Crippen LogP contribution in [0.2, 0.25) is 0 Å². The van der Waals surface area contributed by atoms with Gasteiger partial charge in [0.1, 0.15) is 5.75 Å². The molecule has 0 unspecified atom stereocenters. The SMILES string of the molecule is Cc1nc2sccn2c1C=CC(=O)c1ccc(OCC(C)C)cc1. The minimum atomic E-state index is -0.0324. The molecule has 3 aromatic rings. The van der Waals surface area contributed by atoms with Gasteiger partial charge in [0.15, 0.2) is 10.7 Å². The lowest BCUT2D eigenvalue weighted by atomic mass is 10.1. The summed E-state index contributed by atoms with van der Waals surface area (Å²) in [7, 11) is 0. The first-order valence-electron chi connectivity index (χ1n) is 7.92. The van der Waals surface area contributed by atoms with Gasteiger partial charge in [-0.25, -0.2) is 4.98 Å². The van der Waals surface area contributed by atoms with Gasteiger partial charge in [0.05, 0.1) is 18.0 Å². The van der Waals surface area contributed by atoms with Crippen molar-refractivity contribution in [2.45, 2.75) is 20.8 Å². The number of ketones is 1. The van der Waals surface area contributed by atoms with Gasteiger partial charge in [-0.05, 0) is 49.3 Å². The van der Waals surface area contributed by atoms with Crippen LogP contribution in [0, 0.1) is 12.8 Å². The van der Waals surface area contributed by atoms with Crippen LogP contribution in [0.1, 0.15) is 35.6 Å².